The number of nitrogens with zero attached hydrogens (tertiary/aromatic N) is 1. The van der Waals surface area contributed by atoms with E-state index in [9.17, 15) is 13.2 Å². The van der Waals surface area contributed by atoms with Crippen molar-refractivity contribution in [1.82, 2.24) is 9.73 Å². The standard InChI is InChI=1S/C15H23N3O3S/c1-10-7-11(2)14(12(3)8-10)22(20,21)18-6-4-5-13(9-18)15(19)17-16/h7-8,13H,4-6,9,16H2,1-3H3,(H,17,19)/t13-/m1/s1. The van der Waals surface area contributed by atoms with E-state index in [1.165, 1.54) is 4.31 Å². The van der Waals surface area contributed by atoms with Gasteiger partial charge in [-0.05, 0) is 44.7 Å². The fourth-order valence-electron chi connectivity index (χ4n) is 3.20. The predicted molar refractivity (Wildman–Crippen MR) is 84.5 cm³/mol. The van der Waals surface area contributed by atoms with Gasteiger partial charge >= 0.3 is 0 Å². The van der Waals surface area contributed by atoms with E-state index in [-0.39, 0.29) is 18.4 Å². The molecule has 0 saturated carbocycles. The summed E-state index contributed by atoms with van der Waals surface area (Å²) in [4.78, 5) is 12.1. The van der Waals surface area contributed by atoms with E-state index in [4.69, 9.17) is 5.84 Å². The number of rotatable bonds is 3. The summed E-state index contributed by atoms with van der Waals surface area (Å²) >= 11 is 0. The summed E-state index contributed by atoms with van der Waals surface area (Å²) in [5, 5.41) is 0. The van der Waals surface area contributed by atoms with E-state index in [1.807, 2.05) is 19.1 Å². The quantitative estimate of drug-likeness (QED) is 0.493. The maximum absolute atomic E-state index is 13.0. The predicted octanol–water partition coefficient (Wildman–Crippen LogP) is 1.00. The van der Waals surface area contributed by atoms with Gasteiger partial charge < -0.3 is 0 Å². The van der Waals surface area contributed by atoms with Gasteiger partial charge in [-0.3, -0.25) is 10.2 Å². The normalized spacial score (nSPS) is 19.9. The Morgan fingerprint density at radius 1 is 1.27 bits per heavy atom. The number of sulfonamides is 1. The third kappa shape index (κ3) is 3.16. The zero-order valence-electron chi connectivity index (χ0n) is 13.2. The Bertz CT molecular complexity index is 662. The van der Waals surface area contributed by atoms with Crippen LogP contribution in [0.2, 0.25) is 0 Å². The third-order valence-electron chi connectivity index (χ3n) is 4.10. The molecule has 0 aromatic heterocycles. The zero-order chi connectivity index (χ0) is 16.5. The topological polar surface area (TPSA) is 92.5 Å². The van der Waals surface area contributed by atoms with Crippen molar-refractivity contribution in [1.29, 1.82) is 0 Å². The minimum Gasteiger partial charge on any atom is -0.294 e. The Hall–Kier alpha value is -1.44. The summed E-state index contributed by atoms with van der Waals surface area (Å²) < 4.78 is 27.3. The molecular formula is C15H23N3O3S. The van der Waals surface area contributed by atoms with E-state index in [0.717, 1.165) is 16.7 Å². The summed E-state index contributed by atoms with van der Waals surface area (Å²) in [6, 6.07) is 3.74. The molecule has 6 nitrogen and oxygen atoms in total. The minimum absolute atomic E-state index is 0.179. The molecule has 3 N–H and O–H groups in total. The van der Waals surface area contributed by atoms with E-state index in [0.29, 0.717) is 24.3 Å². The second kappa shape index (κ2) is 6.36. The molecule has 1 amide bonds. The van der Waals surface area contributed by atoms with Crippen LogP contribution in [0.1, 0.15) is 29.5 Å². The van der Waals surface area contributed by atoms with Crippen LogP contribution in [0.3, 0.4) is 0 Å². The van der Waals surface area contributed by atoms with Gasteiger partial charge in [-0.2, -0.15) is 4.31 Å². The van der Waals surface area contributed by atoms with Crippen LogP contribution >= 0.6 is 0 Å². The fraction of sp³-hybridized carbons (Fsp3) is 0.533. The monoisotopic (exact) mass is 325 g/mol. The molecule has 1 aromatic carbocycles. The largest absolute Gasteiger partial charge is 0.294 e. The van der Waals surface area contributed by atoms with Crippen LogP contribution < -0.4 is 11.3 Å². The summed E-state index contributed by atoms with van der Waals surface area (Å²) in [6.45, 7) is 6.17. The lowest BCUT2D eigenvalue weighted by Crippen LogP contribution is -2.47. The molecule has 2 rings (SSSR count). The molecule has 1 atom stereocenters. The molecule has 0 radical (unpaired) electrons. The van der Waals surface area contributed by atoms with Gasteiger partial charge in [0, 0.05) is 13.1 Å². The van der Waals surface area contributed by atoms with Crippen LogP contribution in [0.4, 0.5) is 0 Å². The molecule has 1 aliphatic rings. The Labute approximate surface area is 131 Å². The molecule has 0 bridgehead atoms. The van der Waals surface area contributed by atoms with Crippen molar-refractivity contribution in [3.05, 3.63) is 28.8 Å². The molecule has 0 aliphatic carbocycles. The van der Waals surface area contributed by atoms with Crippen LogP contribution in [-0.4, -0.2) is 31.7 Å². The fourth-order valence-corrected chi connectivity index (χ4v) is 5.13. The van der Waals surface area contributed by atoms with Crippen LogP contribution in [0.25, 0.3) is 0 Å². The van der Waals surface area contributed by atoms with Gasteiger partial charge in [-0.25, -0.2) is 14.3 Å². The van der Waals surface area contributed by atoms with E-state index < -0.39 is 10.0 Å². The summed E-state index contributed by atoms with van der Waals surface area (Å²) in [7, 11) is -3.60. The van der Waals surface area contributed by atoms with Crippen LogP contribution in [0, 0.1) is 26.7 Å². The van der Waals surface area contributed by atoms with Crippen molar-refractivity contribution in [3.8, 4) is 0 Å². The van der Waals surface area contributed by atoms with Gasteiger partial charge in [0.05, 0.1) is 10.8 Å². The number of carbonyl (C=O) groups excluding carboxylic acids is 1. The molecule has 0 unspecified atom stereocenters. The Morgan fingerprint density at radius 3 is 2.41 bits per heavy atom. The number of nitrogens with one attached hydrogen (secondary N) is 1. The molecule has 1 fully saturated rings. The lowest BCUT2D eigenvalue weighted by Gasteiger charge is -2.31. The lowest BCUT2D eigenvalue weighted by molar-refractivity contribution is -0.126. The first kappa shape index (κ1) is 16.9. The molecule has 22 heavy (non-hydrogen) atoms. The Morgan fingerprint density at radius 2 is 1.86 bits per heavy atom. The van der Waals surface area contributed by atoms with E-state index in [1.54, 1.807) is 13.8 Å². The highest BCUT2D eigenvalue weighted by molar-refractivity contribution is 7.89. The first-order chi connectivity index (χ1) is 10.3. The summed E-state index contributed by atoms with van der Waals surface area (Å²) in [5.74, 6) is 4.47. The lowest BCUT2D eigenvalue weighted by atomic mass is 9.99. The molecular weight excluding hydrogens is 302 g/mol. The molecule has 122 valence electrons. The highest BCUT2D eigenvalue weighted by atomic mass is 32.2. The second-order valence-electron chi connectivity index (χ2n) is 5.94. The number of hydrazine groups is 1. The van der Waals surface area contributed by atoms with Gasteiger partial charge in [-0.15, -0.1) is 0 Å². The maximum Gasteiger partial charge on any atom is 0.243 e. The number of hydrogen-bond acceptors (Lipinski definition) is 4. The molecule has 1 aliphatic heterocycles. The van der Waals surface area contributed by atoms with Crippen molar-refractivity contribution in [2.45, 2.75) is 38.5 Å². The number of nitrogens with two attached hydrogens (primary N) is 1. The molecule has 0 spiro atoms. The SMILES string of the molecule is Cc1cc(C)c(S(=O)(=O)N2CCC[C@@H](C(=O)NN)C2)c(C)c1. The van der Waals surface area contributed by atoms with E-state index >= 15 is 0 Å². The van der Waals surface area contributed by atoms with Crippen LogP contribution in [0.5, 0.6) is 0 Å². The Kier molecular flexibility index (Phi) is 4.89. The van der Waals surface area contributed by atoms with Gasteiger partial charge in [0.1, 0.15) is 0 Å². The first-order valence-electron chi connectivity index (χ1n) is 7.36. The maximum atomic E-state index is 13.0. The van der Waals surface area contributed by atoms with Crippen molar-refractivity contribution in [3.63, 3.8) is 0 Å². The third-order valence-corrected chi connectivity index (χ3v) is 6.27. The smallest absolute Gasteiger partial charge is 0.243 e. The van der Waals surface area contributed by atoms with Crippen molar-refractivity contribution < 1.29 is 13.2 Å². The minimum atomic E-state index is -3.60. The average molecular weight is 325 g/mol. The van der Waals surface area contributed by atoms with Crippen LogP contribution in [-0.2, 0) is 14.8 Å². The zero-order valence-corrected chi connectivity index (χ0v) is 14.0. The highest BCUT2D eigenvalue weighted by Crippen LogP contribution is 2.28. The summed E-state index contributed by atoms with van der Waals surface area (Å²) in [6.07, 6.45) is 1.31. The number of carbonyl (C=O) groups is 1. The molecule has 1 heterocycles. The van der Waals surface area contributed by atoms with Gasteiger partial charge in [0.2, 0.25) is 15.9 Å². The highest BCUT2D eigenvalue weighted by Gasteiger charge is 2.34. The van der Waals surface area contributed by atoms with Crippen molar-refractivity contribution in [2.75, 3.05) is 13.1 Å². The van der Waals surface area contributed by atoms with Crippen LogP contribution in [0.15, 0.2) is 17.0 Å². The number of amides is 1. The average Bonchev–Trinajstić information content (AvgIpc) is 2.45. The Balaban J connectivity index is 2.37. The number of benzene rings is 1. The number of hydrogen-bond donors (Lipinski definition) is 2. The molecule has 1 saturated heterocycles. The molecule has 1 aromatic rings. The van der Waals surface area contributed by atoms with Crippen molar-refractivity contribution in [2.24, 2.45) is 11.8 Å². The number of piperidine rings is 1. The molecule has 7 heteroatoms. The van der Waals surface area contributed by atoms with Crippen molar-refractivity contribution >= 4 is 15.9 Å². The van der Waals surface area contributed by atoms with Gasteiger partial charge in [-0.1, -0.05) is 17.7 Å². The van der Waals surface area contributed by atoms with Gasteiger partial charge in [0.25, 0.3) is 0 Å². The number of aryl methyl sites for hydroxylation is 3. The second-order valence-corrected chi connectivity index (χ2v) is 7.81. The summed E-state index contributed by atoms with van der Waals surface area (Å²) in [5.41, 5.74) is 4.63. The first-order valence-corrected chi connectivity index (χ1v) is 8.80. The van der Waals surface area contributed by atoms with Gasteiger partial charge in [0.15, 0.2) is 0 Å². The van der Waals surface area contributed by atoms with E-state index in [2.05, 4.69) is 5.43 Å².